The molecule has 2 heterocycles. The van der Waals surface area contributed by atoms with Crippen LogP contribution in [-0.4, -0.2) is 29.7 Å². The van der Waals surface area contributed by atoms with E-state index in [2.05, 4.69) is 9.97 Å². The minimum absolute atomic E-state index is 0.00524. The van der Waals surface area contributed by atoms with Gasteiger partial charge in [-0.15, -0.1) is 0 Å². The number of hydrogen-bond acceptors (Lipinski definition) is 3. The molecule has 3 nitrogen and oxygen atoms in total. The summed E-state index contributed by atoms with van der Waals surface area (Å²) in [6, 6.07) is 1.34. The van der Waals surface area contributed by atoms with Crippen LogP contribution >= 0.6 is 0 Å². The number of hydrogen-bond donors (Lipinski definition) is 0. The van der Waals surface area contributed by atoms with E-state index in [0.717, 1.165) is 19.3 Å². The second kappa shape index (κ2) is 4.98. The van der Waals surface area contributed by atoms with Crippen molar-refractivity contribution in [2.75, 3.05) is 24.7 Å². The van der Waals surface area contributed by atoms with Gasteiger partial charge in [0.1, 0.15) is 17.3 Å². The van der Waals surface area contributed by atoms with Crippen molar-refractivity contribution in [1.29, 1.82) is 0 Å². The average molecular weight is 271 g/mol. The number of aromatic nitrogens is 2. The van der Waals surface area contributed by atoms with Crippen LogP contribution in [0.3, 0.4) is 0 Å². The van der Waals surface area contributed by atoms with Gasteiger partial charge in [-0.1, -0.05) is 0 Å². The molecule has 0 bridgehead atoms. The van der Waals surface area contributed by atoms with E-state index in [-0.39, 0.29) is 24.2 Å². The molecule has 0 spiro atoms. The lowest BCUT2D eigenvalue weighted by Crippen LogP contribution is -2.22. The van der Waals surface area contributed by atoms with E-state index in [4.69, 9.17) is 0 Å². The summed E-state index contributed by atoms with van der Waals surface area (Å²) in [7, 11) is 0. The Labute approximate surface area is 109 Å². The zero-order valence-electron chi connectivity index (χ0n) is 10.5. The van der Waals surface area contributed by atoms with Gasteiger partial charge >= 0.3 is 0 Å². The molecule has 0 amide bonds. The van der Waals surface area contributed by atoms with Crippen LogP contribution in [0.4, 0.5) is 19.0 Å². The Morgan fingerprint density at radius 1 is 1.26 bits per heavy atom. The van der Waals surface area contributed by atoms with Gasteiger partial charge in [0.15, 0.2) is 0 Å². The highest BCUT2D eigenvalue weighted by atomic mass is 19.3. The highest BCUT2D eigenvalue weighted by Gasteiger charge is 2.30. The van der Waals surface area contributed by atoms with Gasteiger partial charge < -0.3 is 4.90 Å². The molecular formula is C13H16F3N3. The summed E-state index contributed by atoms with van der Waals surface area (Å²) < 4.78 is 38.4. The molecule has 6 heteroatoms. The van der Waals surface area contributed by atoms with E-state index in [1.165, 1.54) is 6.07 Å². The standard InChI is InChI=1S/C13H16F3N3/c14-6-8-3-4-19(7-8)11-5-10(12(15)16)17-13(18-11)9-1-2-9/h5,8-9,12H,1-4,6-7H2. The van der Waals surface area contributed by atoms with Crippen molar-refractivity contribution < 1.29 is 13.2 Å². The van der Waals surface area contributed by atoms with Gasteiger partial charge in [-0.3, -0.25) is 4.39 Å². The lowest BCUT2D eigenvalue weighted by molar-refractivity contribution is 0.145. The normalized spacial score (nSPS) is 23.4. The van der Waals surface area contributed by atoms with Gasteiger partial charge in [0.25, 0.3) is 6.43 Å². The summed E-state index contributed by atoms with van der Waals surface area (Å²) in [6.45, 7) is 0.872. The van der Waals surface area contributed by atoms with Crippen LogP contribution in [0, 0.1) is 5.92 Å². The number of halogens is 3. The Morgan fingerprint density at radius 2 is 2.05 bits per heavy atom. The lowest BCUT2D eigenvalue weighted by atomic mass is 10.1. The number of anilines is 1. The number of rotatable bonds is 4. The second-order valence-electron chi connectivity index (χ2n) is 5.34. The fourth-order valence-corrected chi connectivity index (χ4v) is 2.44. The highest BCUT2D eigenvalue weighted by Crippen LogP contribution is 2.39. The van der Waals surface area contributed by atoms with E-state index in [1.54, 1.807) is 0 Å². The predicted molar refractivity (Wildman–Crippen MR) is 65.3 cm³/mol. The van der Waals surface area contributed by atoms with Crippen molar-refractivity contribution in [2.24, 2.45) is 5.92 Å². The van der Waals surface area contributed by atoms with E-state index in [1.807, 2.05) is 4.90 Å². The van der Waals surface area contributed by atoms with E-state index in [9.17, 15) is 13.2 Å². The largest absolute Gasteiger partial charge is 0.356 e. The van der Waals surface area contributed by atoms with Crippen molar-refractivity contribution in [3.63, 3.8) is 0 Å². The first-order valence-corrected chi connectivity index (χ1v) is 6.65. The van der Waals surface area contributed by atoms with Crippen molar-refractivity contribution in [1.82, 2.24) is 9.97 Å². The van der Waals surface area contributed by atoms with Crippen LogP contribution in [0.1, 0.15) is 43.1 Å². The van der Waals surface area contributed by atoms with Gasteiger partial charge in [0, 0.05) is 31.0 Å². The molecule has 2 aliphatic rings. The Morgan fingerprint density at radius 3 is 2.63 bits per heavy atom. The molecule has 1 aromatic heterocycles. The SMILES string of the molecule is FCC1CCN(c2cc(C(F)F)nc(C3CC3)n2)C1. The van der Waals surface area contributed by atoms with Gasteiger partial charge in [0.05, 0.1) is 6.67 Å². The Balaban J connectivity index is 1.87. The van der Waals surface area contributed by atoms with Gasteiger partial charge in [-0.25, -0.2) is 18.7 Å². The van der Waals surface area contributed by atoms with Crippen LogP contribution in [0.5, 0.6) is 0 Å². The van der Waals surface area contributed by atoms with Gasteiger partial charge in [0.2, 0.25) is 0 Å². The second-order valence-corrected chi connectivity index (χ2v) is 5.34. The maximum absolute atomic E-state index is 12.9. The summed E-state index contributed by atoms with van der Waals surface area (Å²) >= 11 is 0. The van der Waals surface area contributed by atoms with Crippen LogP contribution in [0.15, 0.2) is 6.07 Å². The number of alkyl halides is 3. The van der Waals surface area contributed by atoms with Crippen molar-refractivity contribution >= 4 is 5.82 Å². The Hall–Kier alpha value is -1.33. The third kappa shape index (κ3) is 2.67. The summed E-state index contributed by atoms with van der Waals surface area (Å²) in [5.41, 5.74) is -0.212. The molecule has 1 saturated heterocycles. The zero-order valence-corrected chi connectivity index (χ0v) is 10.5. The first-order chi connectivity index (χ1) is 9.17. The fraction of sp³-hybridized carbons (Fsp3) is 0.692. The van der Waals surface area contributed by atoms with E-state index in [0.29, 0.717) is 24.7 Å². The topological polar surface area (TPSA) is 29.0 Å². The lowest BCUT2D eigenvalue weighted by Gasteiger charge is -2.18. The molecule has 3 rings (SSSR count). The third-order valence-corrected chi connectivity index (χ3v) is 3.74. The minimum atomic E-state index is -2.58. The monoisotopic (exact) mass is 271 g/mol. The Bertz CT molecular complexity index is 442. The molecule has 1 unspecified atom stereocenters. The smallest absolute Gasteiger partial charge is 0.280 e. The van der Waals surface area contributed by atoms with Gasteiger partial charge in [-0.2, -0.15) is 0 Å². The molecule has 1 aliphatic heterocycles. The molecule has 104 valence electrons. The predicted octanol–water partition coefficient (Wildman–Crippen LogP) is 3.09. The molecule has 0 radical (unpaired) electrons. The molecule has 0 N–H and O–H groups in total. The summed E-state index contributed by atoms with van der Waals surface area (Å²) in [5, 5.41) is 0. The first-order valence-electron chi connectivity index (χ1n) is 6.65. The molecule has 1 atom stereocenters. The summed E-state index contributed by atoms with van der Waals surface area (Å²) in [6.07, 6.45) is 0.112. The fourth-order valence-electron chi connectivity index (χ4n) is 2.44. The molecule has 2 fully saturated rings. The molecule has 19 heavy (non-hydrogen) atoms. The van der Waals surface area contributed by atoms with Crippen molar-refractivity contribution in [3.8, 4) is 0 Å². The minimum Gasteiger partial charge on any atom is -0.356 e. The van der Waals surface area contributed by atoms with Crippen LogP contribution < -0.4 is 4.90 Å². The quantitative estimate of drug-likeness (QED) is 0.842. The number of nitrogens with zero attached hydrogens (tertiary/aromatic N) is 3. The van der Waals surface area contributed by atoms with Crippen LogP contribution in [0.25, 0.3) is 0 Å². The maximum Gasteiger partial charge on any atom is 0.280 e. The average Bonchev–Trinajstić information content (AvgIpc) is 3.16. The summed E-state index contributed by atoms with van der Waals surface area (Å²) in [4.78, 5) is 10.2. The highest BCUT2D eigenvalue weighted by molar-refractivity contribution is 5.42. The first kappa shape index (κ1) is 12.7. The van der Waals surface area contributed by atoms with E-state index >= 15 is 0 Å². The zero-order chi connectivity index (χ0) is 13.4. The van der Waals surface area contributed by atoms with Crippen molar-refractivity contribution in [2.45, 2.75) is 31.6 Å². The Kier molecular flexibility index (Phi) is 3.33. The maximum atomic E-state index is 12.9. The van der Waals surface area contributed by atoms with Gasteiger partial charge in [-0.05, 0) is 19.3 Å². The molecule has 1 saturated carbocycles. The van der Waals surface area contributed by atoms with Crippen LogP contribution in [-0.2, 0) is 0 Å². The molecular weight excluding hydrogens is 255 g/mol. The molecule has 1 aromatic rings. The summed E-state index contributed by atoms with van der Waals surface area (Å²) in [5.74, 6) is 1.28. The molecule has 0 aromatic carbocycles. The molecule has 1 aliphatic carbocycles. The van der Waals surface area contributed by atoms with E-state index < -0.39 is 6.43 Å². The van der Waals surface area contributed by atoms with Crippen LogP contribution in [0.2, 0.25) is 0 Å². The van der Waals surface area contributed by atoms with Crippen molar-refractivity contribution in [3.05, 3.63) is 17.6 Å². The third-order valence-electron chi connectivity index (χ3n) is 3.74.